The fourth-order valence-corrected chi connectivity index (χ4v) is 2.61. The van der Waals surface area contributed by atoms with Crippen molar-refractivity contribution in [2.75, 3.05) is 0 Å². The van der Waals surface area contributed by atoms with Gasteiger partial charge in [0.25, 0.3) is 0 Å². The van der Waals surface area contributed by atoms with Gasteiger partial charge in [-0.2, -0.15) is 0 Å². The zero-order valence-electron chi connectivity index (χ0n) is 11.1. The SMILES string of the molecule is CCc1cnc(C(C)NCc2cccc(C)n2)s1. The Balaban J connectivity index is 1.93. The number of aromatic nitrogens is 2. The maximum atomic E-state index is 4.48. The summed E-state index contributed by atoms with van der Waals surface area (Å²) in [5.74, 6) is 0. The van der Waals surface area contributed by atoms with Gasteiger partial charge in [0.1, 0.15) is 5.01 Å². The van der Waals surface area contributed by atoms with E-state index in [9.17, 15) is 0 Å². The van der Waals surface area contributed by atoms with Crippen molar-refractivity contribution in [3.05, 3.63) is 45.7 Å². The molecule has 96 valence electrons. The van der Waals surface area contributed by atoms with Gasteiger partial charge in [0, 0.05) is 23.3 Å². The van der Waals surface area contributed by atoms with Gasteiger partial charge >= 0.3 is 0 Å². The van der Waals surface area contributed by atoms with Crippen molar-refractivity contribution in [1.29, 1.82) is 0 Å². The maximum Gasteiger partial charge on any atom is 0.109 e. The van der Waals surface area contributed by atoms with Crippen LogP contribution in [0.1, 0.15) is 41.2 Å². The van der Waals surface area contributed by atoms with Crippen LogP contribution in [0, 0.1) is 6.92 Å². The molecule has 2 aromatic rings. The van der Waals surface area contributed by atoms with E-state index in [1.54, 1.807) is 11.3 Å². The normalized spacial score (nSPS) is 12.6. The van der Waals surface area contributed by atoms with Gasteiger partial charge in [-0.15, -0.1) is 11.3 Å². The first kappa shape index (κ1) is 13.2. The summed E-state index contributed by atoms with van der Waals surface area (Å²) in [5, 5.41) is 4.62. The molecular formula is C14H19N3S. The van der Waals surface area contributed by atoms with E-state index in [1.165, 1.54) is 4.88 Å². The highest BCUT2D eigenvalue weighted by Crippen LogP contribution is 2.20. The molecule has 0 aliphatic rings. The monoisotopic (exact) mass is 261 g/mol. The molecule has 4 heteroatoms. The van der Waals surface area contributed by atoms with Crippen LogP contribution in [-0.2, 0) is 13.0 Å². The highest BCUT2D eigenvalue weighted by molar-refractivity contribution is 7.11. The lowest BCUT2D eigenvalue weighted by molar-refractivity contribution is 0.564. The number of nitrogens with one attached hydrogen (secondary N) is 1. The highest BCUT2D eigenvalue weighted by Gasteiger charge is 2.09. The number of aryl methyl sites for hydroxylation is 2. The summed E-state index contributed by atoms with van der Waals surface area (Å²) in [6.45, 7) is 7.10. The third kappa shape index (κ3) is 3.37. The van der Waals surface area contributed by atoms with Crippen LogP contribution in [0.2, 0.25) is 0 Å². The zero-order chi connectivity index (χ0) is 13.0. The van der Waals surface area contributed by atoms with Crippen LogP contribution in [0.5, 0.6) is 0 Å². The van der Waals surface area contributed by atoms with Gasteiger partial charge < -0.3 is 5.32 Å². The first-order valence-corrected chi connectivity index (χ1v) is 7.11. The molecule has 18 heavy (non-hydrogen) atoms. The topological polar surface area (TPSA) is 37.8 Å². The fourth-order valence-electron chi connectivity index (χ4n) is 1.73. The predicted octanol–water partition coefficient (Wildman–Crippen LogP) is 3.26. The molecule has 2 aromatic heterocycles. The van der Waals surface area contributed by atoms with Crippen molar-refractivity contribution in [2.45, 2.75) is 39.8 Å². The third-order valence-electron chi connectivity index (χ3n) is 2.83. The van der Waals surface area contributed by atoms with E-state index >= 15 is 0 Å². The minimum atomic E-state index is 0.276. The van der Waals surface area contributed by atoms with Crippen LogP contribution in [0.3, 0.4) is 0 Å². The molecule has 0 saturated heterocycles. The van der Waals surface area contributed by atoms with Crippen LogP contribution < -0.4 is 5.32 Å². The molecule has 2 heterocycles. The van der Waals surface area contributed by atoms with E-state index in [2.05, 4.69) is 29.1 Å². The predicted molar refractivity (Wildman–Crippen MR) is 75.7 cm³/mol. The lowest BCUT2D eigenvalue weighted by atomic mass is 10.3. The number of rotatable bonds is 5. The molecule has 0 fully saturated rings. The van der Waals surface area contributed by atoms with E-state index in [0.29, 0.717) is 0 Å². The largest absolute Gasteiger partial charge is 0.302 e. The Morgan fingerprint density at radius 2 is 2.22 bits per heavy atom. The smallest absolute Gasteiger partial charge is 0.109 e. The molecule has 0 bridgehead atoms. The lowest BCUT2D eigenvalue weighted by Crippen LogP contribution is -2.18. The average Bonchev–Trinajstić information content (AvgIpc) is 2.85. The summed E-state index contributed by atoms with van der Waals surface area (Å²) >= 11 is 1.79. The highest BCUT2D eigenvalue weighted by atomic mass is 32.1. The molecule has 0 radical (unpaired) electrons. The molecule has 0 aliphatic heterocycles. The van der Waals surface area contributed by atoms with Crippen LogP contribution >= 0.6 is 11.3 Å². The Kier molecular flexibility index (Phi) is 4.44. The molecule has 2 rings (SSSR count). The van der Waals surface area contributed by atoms with Crippen LogP contribution in [0.4, 0.5) is 0 Å². The standard InChI is InChI=1S/C14H19N3S/c1-4-13-9-16-14(18-13)11(3)15-8-12-7-5-6-10(2)17-12/h5-7,9,11,15H,4,8H2,1-3H3. The first-order chi connectivity index (χ1) is 8.69. The summed E-state index contributed by atoms with van der Waals surface area (Å²) in [5.41, 5.74) is 2.14. The van der Waals surface area contributed by atoms with Crippen molar-refractivity contribution in [2.24, 2.45) is 0 Å². The van der Waals surface area contributed by atoms with Gasteiger partial charge in [-0.05, 0) is 32.4 Å². The van der Waals surface area contributed by atoms with Gasteiger partial charge in [0.05, 0.1) is 11.7 Å². The molecule has 1 N–H and O–H groups in total. The summed E-state index contributed by atoms with van der Waals surface area (Å²) in [6, 6.07) is 6.38. The van der Waals surface area contributed by atoms with Crippen molar-refractivity contribution in [3.63, 3.8) is 0 Å². The van der Waals surface area contributed by atoms with Crippen molar-refractivity contribution >= 4 is 11.3 Å². The number of hydrogen-bond donors (Lipinski definition) is 1. The molecule has 3 nitrogen and oxygen atoms in total. The van der Waals surface area contributed by atoms with Crippen LogP contribution in [0.15, 0.2) is 24.4 Å². The molecule has 1 atom stereocenters. The van der Waals surface area contributed by atoms with Gasteiger partial charge in [-0.1, -0.05) is 13.0 Å². The van der Waals surface area contributed by atoms with E-state index < -0.39 is 0 Å². The second-order valence-electron chi connectivity index (χ2n) is 4.39. The second-order valence-corrected chi connectivity index (χ2v) is 5.54. The number of hydrogen-bond acceptors (Lipinski definition) is 4. The molecule has 0 aromatic carbocycles. The lowest BCUT2D eigenvalue weighted by Gasteiger charge is -2.10. The van der Waals surface area contributed by atoms with E-state index in [4.69, 9.17) is 0 Å². The Bertz CT molecular complexity index is 507. The molecule has 0 amide bonds. The molecule has 0 aliphatic carbocycles. The number of thiazole rings is 1. The number of pyridine rings is 1. The maximum absolute atomic E-state index is 4.48. The third-order valence-corrected chi connectivity index (χ3v) is 4.15. The second kappa shape index (κ2) is 6.07. The Hall–Kier alpha value is -1.26. The van der Waals surface area contributed by atoms with E-state index in [1.807, 2.05) is 31.3 Å². The Morgan fingerprint density at radius 1 is 1.39 bits per heavy atom. The summed E-state index contributed by atoms with van der Waals surface area (Å²) in [7, 11) is 0. The minimum absolute atomic E-state index is 0.276. The van der Waals surface area contributed by atoms with Crippen molar-refractivity contribution < 1.29 is 0 Å². The van der Waals surface area contributed by atoms with E-state index in [-0.39, 0.29) is 6.04 Å². The van der Waals surface area contributed by atoms with Gasteiger partial charge in [0.2, 0.25) is 0 Å². The first-order valence-electron chi connectivity index (χ1n) is 6.29. The van der Waals surface area contributed by atoms with Gasteiger partial charge in [0.15, 0.2) is 0 Å². The molecule has 0 spiro atoms. The van der Waals surface area contributed by atoms with Crippen LogP contribution in [-0.4, -0.2) is 9.97 Å². The molecular weight excluding hydrogens is 242 g/mol. The van der Waals surface area contributed by atoms with Crippen LogP contribution in [0.25, 0.3) is 0 Å². The van der Waals surface area contributed by atoms with Crippen molar-refractivity contribution in [1.82, 2.24) is 15.3 Å². The van der Waals surface area contributed by atoms with Gasteiger partial charge in [-0.3, -0.25) is 4.98 Å². The molecule has 0 saturated carbocycles. The Morgan fingerprint density at radius 3 is 2.89 bits per heavy atom. The number of nitrogens with zero attached hydrogens (tertiary/aromatic N) is 2. The summed E-state index contributed by atoms with van der Waals surface area (Å²) in [4.78, 5) is 10.3. The zero-order valence-corrected chi connectivity index (χ0v) is 11.9. The van der Waals surface area contributed by atoms with Crippen molar-refractivity contribution in [3.8, 4) is 0 Å². The van der Waals surface area contributed by atoms with E-state index in [0.717, 1.165) is 29.4 Å². The van der Waals surface area contributed by atoms with Gasteiger partial charge in [-0.25, -0.2) is 4.98 Å². The summed E-state index contributed by atoms with van der Waals surface area (Å²) in [6.07, 6.45) is 3.03. The fraction of sp³-hybridized carbons (Fsp3) is 0.429. The Labute approximate surface area is 112 Å². The quantitative estimate of drug-likeness (QED) is 0.897. The molecule has 1 unspecified atom stereocenters. The minimum Gasteiger partial charge on any atom is -0.302 e. The summed E-state index contributed by atoms with van der Waals surface area (Å²) < 4.78 is 0. The average molecular weight is 261 g/mol.